The second-order valence-corrected chi connectivity index (χ2v) is 9.26. The standard InChI is InChI=1S/C29H22ClNO3S/c30-20-13-19(28(27(35)14-20)21-8-2-1-7-18(21)16-32)15-31-29(33)34-17-26-24-11-5-3-9-22(24)23-10-4-6-12-25(23)26/h1-14,16,26,35H,15,17H2,(H,31,33). The molecule has 35 heavy (non-hydrogen) atoms. The first-order valence-corrected chi connectivity index (χ1v) is 12.0. The molecular formula is C29H22ClNO3S. The van der Waals surface area contributed by atoms with Gasteiger partial charge in [-0.05, 0) is 45.5 Å². The largest absolute Gasteiger partial charge is 0.449 e. The number of thiol groups is 1. The Kier molecular flexibility index (Phi) is 6.62. The first-order valence-electron chi connectivity index (χ1n) is 11.2. The van der Waals surface area contributed by atoms with Crippen LogP contribution in [0.1, 0.15) is 33.0 Å². The van der Waals surface area contributed by atoms with Crippen molar-refractivity contribution in [2.45, 2.75) is 17.4 Å². The van der Waals surface area contributed by atoms with E-state index in [1.807, 2.05) is 36.4 Å². The number of carbonyl (C=O) groups is 2. The topological polar surface area (TPSA) is 55.4 Å². The molecule has 0 fully saturated rings. The lowest BCUT2D eigenvalue weighted by molar-refractivity contribution is 0.112. The number of ether oxygens (including phenoxy) is 1. The van der Waals surface area contributed by atoms with E-state index in [-0.39, 0.29) is 19.1 Å². The minimum atomic E-state index is -0.526. The SMILES string of the molecule is O=Cc1ccccc1-c1c(S)cc(Cl)cc1CNC(=O)OCC1c2ccccc2-c2ccccc21. The van der Waals surface area contributed by atoms with Crippen LogP contribution in [0.4, 0.5) is 4.79 Å². The molecule has 1 N–H and O–H groups in total. The average molecular weight is 500 g/mol. The first-order chi connectivity index (χ1) is 17.1. The molecule has 0 radical (unpaired) electrons. The van der Waals surface area contributed by atoms with Gasteiger partial charge >= 0.3 is 6.09 Å². The third-order valence-electron chi connectivity index (χ3n) is 6.29. The molecule has 5 rings (SSSR count). The lowest BCUT2D eigenvalue weighted by Gasteiger charge is -2.17. The maximum atomic E-state index is 12.7. The van der Waals surface area contributed by atoms with E-state index in [2.05, 4.69) is 42.2 Å². The molecule has 0 aliphatic heterocycles. The van der Waals surface area contributed by atoms with Gasteiger partial charge in [0, 0.05) is 33.5 Å². The molecule has 1 aliphatic rings. The molecule has 4 aromatic carbocycles. The van der Waals surface area contributed by atoms with Crippen molar-refractivity contribution in [2.24, 2.45) is 0 Å². The third kappa shape index (κ3) is 4.57. The molecule has 1 aliphatic carbocycles. The molecule has 0 spiro atoms. The Morgan fingerprint density at radius 3 is 2.17 bits per heavy atom. The van der Waals surface area contributed by atoms with E-state index < -0.39 is 6.09 Å². The van der Waals surface area contributed by atoms with Gasteiger partial charge in [0.15, 0.2) is 6.29 Å². The number of aldehydes is 1. The van der Waals surface area contributed by atoms with Gasteiger partial charge in [0.1, 0.15) is 6.61 Å². The smallest absolute Gasteiger partial charge is 0.407 e. The van der Waals surface area contributed by atoms with Gasteiger partial charge in [-0.1, -0.05) is 84.4 Å². The van der Waals surface area contributed by atoms with Gasteiger partial charge in [-0.2, -0.15) is 0 Å². The zero-order chi connectivity index (χ0) is 24.4. The minimum Gasteiger partial charge on any atom is -0.449 e. The van der Waals surface area contributed by atoms with E-state index >= 15 is 0 Å². The lowest BCUT2D eigenvalue weighted by Crippen LogP contribution is -2.26. The van der Waals surface area contributed by atoms with Crippen molar-refractivity contribution in [1.29, 1.82) is 0 Å². The molecule has 174 valence electrons. The fraction of sp³-hybridized carbons (Fsp3) is 0.103. The van der Waals surface area contributed by atoms with Crippen LogP contribution in [0.15, 0.2) is 89.8 Å². The van der Waals surface area contributed by atoms with Gasteiger partial charge in [0.05, 0.1) is 0 Å². The number of rotatable bonds is 6. The van der Waals surface area contributed by atoms with E-state index in [0.717, 1.165) is 34.1 Å². The zero-order valence-electron chi connectivity index (χ0n) is 18.7. The molecule has 0 unspecified atom stereocenters. The summed E-state index contributed by atoms with van der Waals surface area (Å²) in [7, 11) is 0. The summed E-state index contributed by atoms with van der Waals surface area (Å²) in [4.78, 5) is 24.9. The van der Waals surface area contributed by atoms with Crippen molar-refractivity contribution in [2.75, 3.05) is 6.61 Å². The van der Waals surface area contributed by atoms with Gasteiger partial charge < -0.3 is 10.1 Å². The van der Waals surface area contributed by atoms with Gasteiger partial charge in [-0.25, -0.2) is 4.79 Å². The number of fused-ring (bicyclic) bond motifs is 3. The number of carbonyl (C=O) groups excluding carboxylic acids is 2. The highest BCUT2D eigenvalue weighted by molar-refractivity contribution is 7.80. The van der Waals surface area contributed by atoms with Gasteiger partial charge in [-0.15, -0.1) is 12.6 Å². The van der Waals surface area contributed by atoms with E-state index in [9.17, 15) is 9.59 Å². The van der Waals surface area contributed by atoms with Crippen molar-refractivity contribution in [3.63, 3.8) is 0 Å². The molecule has 0 heterocycles. The Morgan fingerprint density at radius 1 is 0.914 bits per heavy atom. The second-order valence-electron chi connectivity index (χ2n) is 8.34. The number of halogens is 1. The number of benzene rings is 4. The first kappa shape index (κ1) is 23.2. The number of nitrogens with one attached hydrogen (secondary N) is 1. The van der Waals surface area contributed by atoms with Crippen LogP contribution >= 0.6 is 24.2 Å². The molecule has 1 amide bonds. The summed E-state index contributed by atoms with van der Waals surface area (Å²) in [6.45, 7) is 0.404. The number of amides is 1. The molecule has 0 aromatic heterocycles. The summed E-state index contributed by atoms with van der Waals surface area (Å²) in [6, 6.07) is 27.1. The summed E-state index contributed by atoms with van der Waals surface area (Å²) in [5.74, 6) is -0.0154. The van der Waals surface area contributed by atoms with E-state index in [4.69, 9.17) is 16.3 Å². The molecule has 0 saturated heterocycles. The summed E-state index contributed by atoms with van der Waals surface area (Å²) in [5, 5.41) is 3.32. The Hall–Kier alpha value is -3.54. The average Bonchev–Trinajstić information content (AvgIpc) is 3.19. The van der Waals surface area contributed by atoms with Crippen LogP contribution in [-0.2, 0) is 11.3 Å². The molecule has 0 atom stereocenters. The Balaban J connectivity index is 1.33. The fourth-order valence-electron chi connectivity index (χ4n) is 4.74. The van der Waals surface area contributed by atoms with Gasteiger partial charge in [0.25, 0.3) is 0 Å². The van der Waals surface area contributed by atoms with E-state index in [1.165, 1.54) is 11.1 Å². The Morgan fingerprint density at radius 2 is 1.51 bits per heavy atom. The van der Waals surface area contributed by atoms with Crippen LogP contribution in [0.25, 0.3) is 22.3 Å². The summed E-state index contributed by atoms with van der Waals surface area (Å²) in [6.07, 6.45) is 0.280. The van der Waals surface area contributed by atoms with Crippen molar-refractivity contribution in [3.8, 4) is 22.3 Å². The molecule has 0 bridgehead atoms. The van der Waals surface area contributed by atoms with Crippen LogP contribution < -0.4 is 5.32 Å². The number of hydrogen-bond donors (Lipinski definition) is 2. The molecule has 4 nitrogen and oxygen atoms in total. The van der Waals surface area contributed by atoms with E-state index in [1.54, 1.807) is 24.3 Å². The van der Waals surface area contributed by atoms with Crippen LogP contribution in [0.5, 0.6) is 0 Å². The van der Waals surface area contributed by atoms with Crippen molar-refractivity contribution >= 4 is 36.6 Å². The minimum absolute atomic E-state index is 0.0154. The predicted molar refractivity (Wildman–Crippen MR) is 141 cm³/mol. The number of alkyl carbamates (subject to hydrolysis) is 1. The highest BCUT2D eigenvalue weighted by Gasteiger charge is 2.29. The highest BCUT2D eigenvalue weighted by Crippen LogP contribution is 2.44. The molecule has 0 saturated carbocycles. The summed E-state index contributed by atoms with van der Waals surface area (Å²) < 4.78 is 5.65. The summed E-state index contributed by atoms with van der Waals surface area (Å²) in [5.41, 5.74) is 7.42. The maximum absolute atomic E-state index is 12.7. The van der Waals surface area contributed by atoms with Crippen LogP contribution in [0.3, 0.4) is 0 Å². The molecular weight excluding hydrogens is 478 g/mol. The monoisotopic (exact) mass is 499 g/mol. The van der Waals surface area contributed by atoms with Crippen LogP contribution in [0, 0.1) is 0 Å². The highest BCUT2D eigenvalue weighted by atomic mass is 35.5. The fourth-order valence-corrected chi connectivity index (χ4v) is 5.46. The molecule has 4 aromatic rings. The second kappa shape index (κ2) is 9.98. The maximum Gasteiger partial charge on any atom is 0.407 e. The predicted octanol–water partition coefficient (Wildman–Crippen LogP) is 7.15. The normalized spacial score (nSPS) is 12.1. The van der Waals surface area contributed by atoms with Gasteiger partial charge in [0.2, 0.25) is 0 Å². The zero-order valence-corrected chi connectivity index (χ0v) is 20.4. The molecule has 6 heteroatoms. The van der Waals surface area contributed by atoms with Crippen LogP contribution in [-0.4, -0.2) is 19.0 Å². The Bertz CT molecular complexity index is 1390. The van der Waals surface area contributed by atoms with Crippen molar-refractivity contribution in [1.82, 2.24) is 5.32 Å². The van der Waals surface area contributed by atoms with Gasteiger partial charge in [-0.3, -0.25) is 4.79 Å². The summed E-state index contributed by atoms with van der Waals surface area (Å²) >= 11 is 10.9. The number of hydrogen-bond acceptors (Lipinski definition) is 4. The Labute approximate surface area is 214 Å². The van der Waals surface area contributed by atoms with Crippen LogP contribution in [0.2, 0.25) is 5.02 Å². The third-order valence-corrected chi connectivity index (χ3v) is 6.86. The van der Waals surface area contributed by atoms with Crippen molar-refractivity contribution in [3.05, 3.63) is 112 Å². The lowest BCUT2D eigenvalue weighted by atomic mass is 9.95. The quantitative estimate of drug-likeness (QED) is 0.219. The van der Waals surface area contributed by atoms with E-state index in [0.29, 0.717) is 15.5 Å². The van der Waals surface area contributed by atoms with Crippen molar-refractivity contribution < 1.29 is 14.3 Å².